The van der Waals surface area contributed by atoms with Crippen LogP contribution in [0.5, 0.6) is 0 Å². The lowest BCUT2D eigenvalue weighted by molar-refractivity contribution is 0.174. The van der Waals surface area contributed by atoms with Gasteiger partial charge in [0, 0.05) is 5.69 Å². The maximum Gasteiger partial charge on any atom is 0.411 e. The highest BCUT2D eigenvalue weighted by Gasteiger charge is 2.18. The van der Waals surface area contributed by atoms with Crippen LogP contribution in [0, 0.1) is 0 Å². The van der Waals surface area contributed by atoms with E-state index >= 15 is 0 Å². The molecule has 0 aliphatic heterocycles. The van der Waals surface area contributed by atoms with Gasteiger partial charge in [0.25, 0.3) is 0 Å². The van der Waals surface area contributed by atoms with E-state index in [0.29, 0.717) is 23.0 Å². The number of amides is 1. The van der Waals surface area contributed by atoms with Gasteiger partial charge in [-0.1, -0.05) is 58.5 Å². The summed E-state index contributed by atoms with van der Waals surface area (Å²) in [5.41, 5.74) is 5.52. The van der Waals surface area contributed by atoms with Crippen molar-refractivity contribution in [2.24, 2.45) is 0 Å². The summed E-state index contributed by atoms with van der Waals surface area (Å²) in [6.45, 7) is 12.4. The molecule has 0 spiro atoms. The van der Waals surface area contributed by atoms with E-state index < -0.39 is 6.09 Å². The van der Waals surface area contributed by atoms with E-state index in [0.717, 1.165) is 11.2 Å². The summed E-state index contributed by atoms with van der Waals surface area (Å²) >= 11 is 0. The highest BCUT2D eigenvalue weighted by atomic mass is 16.5. The summed E-state index contributed by atoms with van der Waals surface area (Å²) in [4.78, 5) is 13.5. The number of hydrogen-bond acceptors (Lipinski definition) is 4. The Morgan fingerprint density at radius 2 is 1.75 bits per heavy atom. The number of ether oxygens (including phenoxy) is 1. The fourth-order valence-corrected chi connectivity index (χ4v) is 3.12. The summed E-state index contributed by atoms with van der Waals surface area (Å²) < 4.78 is 4.96. The lowest BCUT2D eigenvalue weighted by Crippen LogP contribution is -2.13. The predicted octanol–water partition coefficient (Wildman–Crippen LogP) is 5.40. The molecule has 6 nitrogen and oxygen atoms in total. The third kappa shape index (κ3) is 4.06. The first kappa shape index (κ1) is 19.6. The standard InChI is InChI=1S/C22H26N4O2/c1-6-12-28-22(27)23-16-10-11-19-20(13-16)25-26(24-19)21-17(14(2)3)8-7-9-18(21)15(4)5/h6-11,13-15H,1,12H2,2-5H3,(H,23,27). The Hall–Kier alpha value is -3.15. The van der Waals surface area contributed by atoms with Gasteiger partial charge < -0.3 is 4.74 Å². The van der Waals surface area contributed by atoms with Crippen molar-refractivity contribution in [1.29, 1.82) is 0 Å². The highest BCUT2D eigenvalue weighted by molar-refractivity contribution is 5.88. The Bertz CT molecular complexity index is 979. The lowest BCUT2D eigenvalue weighted by Gasteiger charge is -2.18. The monoisotopic (exact) mass is 378 g/mol. The number of anilines is 1. The molecule has 0 bridgehead atoms. The molecule has 1 aromatic heterocycles. The second-order valence-corrected chi connectivity index (χ2v) is 7.30. The van der Waals surface area contributed by atoms with Crippen LogP contribution in [0.4, 0.5) is 10.5 Å². The molecule has 0 saturated heterocycles. The normalized spacial score (nSPS) is 11.2. The van der Waals surface area contributed by atoms with Crippen LogP contribution >= 0.6 is 0 Å². The van der Waals surface area contributed by atoms with Crippen LogP contribution in [0.25, 0.3) is 16.7 Å². The van der Waals surface area contributed by atoms with E-state index in [1.807, 2.05) is 6.07 Å². The number of benzene rings is 2. The van der Waals surface area contributed by atoms with E-state index in [1.54, 1.807) is 16.9 Å². The highest BCUT2D eigenvalue weighted by Crippen LogP contribution is 2.31. The van der Waals surface area contributed by atoms with Crippen LogP contribution < -0.4 is 5.32 Å². The van der Waals surface area contributed by atoms with Gasteiger partial charge in [-0.2, -0.15) is 0 Å². The SMILES string of the molecule is C=CCOC(=O)Nc1ccc2nn(-c3c(C(C)C)cccc3C(C)C)nc2c1. The van der Waals surface area contributed by atoms with Crippen molar-refractivity contribution in [3.8, 4) is 5.69 Å². The van der Waals surface area contributed by atoms with Crippen molar-refractivity contribution in [2.45, 2.75) is 39.5 Å². The second kappa shape index (κ2) is 8.25. The average Bonchev–Trinajstić information content (AvgIpc) is 3.08. The summed E-state index contributed by atoms with van der Waals surface area (Å²) in [7, 11) is 0. The first-order valence-electron chi connectivity index (χ1n) is 9.45. The van der Waals surface area contributed by atoms with Crippen LogP contribution in [0.1, 0.15) is 50.7 Å². The molecule has 0 aliphatic carbocycles. The molecule has 1 amide bonds. The van der Waals surface area contributed by atoms with Crippen molar-refractivity contribution in [1.82, 2.24) is 15.0 Å². The number of rotatable bonds is 6. The number of para-hydroxylation sites is 1. The smallest absolute Gasteiger partial charge is 0.411 e. The molecule has 6 heteroatoms. The fourth-order valence-electron chi connectivity index (χ4n) is 3.12. The number of aromatic nitrogens is 3. The lowest BCUT2D eigenvalue weighted by atomic mass is 9.93. The van der Waals surface area contributed by atoms with Crippen LogP contribution in [-0.2, 0) is 4.74 Å². The molecule has 3 aromatic rings. The van der Waals surface area contributed by atoms with Gasteiger partial charge in [0.1, 0.15) is 17.6 Å². The van der Waals surface area contributed by atoms with Crippen LogP contribution in [0.2, 0.25) is 0 Å². The van der Waals surface area contributed by atoms with E-state index in [-0.39, 0.29) is 6.61 Å². The van der Waals surface area contributed by atoms with E-state index in [4.69, 9.17) is 9.84 Å². The van der Waals surface area contributed by atoms with Gasteiger partial charge in [0.15, 0.2) is 0 Å². The summed E-state index contributed by atoms with van der Waals surface area (Å²) in [6.07, 6.45) is 0.992. The van der Waals surface area contributed by atoms with Crippen molar-refractivity contribution < 1.29 is 9.53 Å². The molecule has 0 fully saturated rings. The van der Waals surface area contributed by atoms with Gasteiger partial charge in [0.05, 0.1) is 5.69 Å². The first-order valence-corrected chi connectivity index (χ1v) is 9.45. The van der Waals surface area contributed by atoms with Crippen molar-refractivity contribution in [3.05, 3.63) is 60.2 Å². The minimum Gasteiger partial charge on any atom is -0.445 e. The number of hydrogen-bond donors (Lipinski definition) is 1. The fraction of sp³-hybridized carbons (Fsp3) is 0.318. The zero-order valence-corrected chi connectivity index (χ0v) is 16.8. The quantitative estimate of drug-likeness (QED) is 0.583. The number of carbonyl (C=O) groups excluding carboxylic acids is 1. The van der Waals surface area contributed by atoms with Crippen LogP contribution in [0.15, 0.2) is 49.1 Å². The molecule has 0 saturated carbocycles. The first-order chi connectivity index (χ1) is 13.4. The maximum absolute atomic E-state index is 11.8. The van der Waals surface area contributed by atoms with Crippen molar-refractivity contribution in [3.63, 3.8) is 0 Å². The molecule has 0 radical (unpaired) electrons. The Labute approximate surface area is 165 Å². The van der Waals surface area contributed by atoms with Crippen LogP contribution in [-0.4, -0.2) is 27.7 Å². The Kier molecular flexibility index (Phi) is 5.78. The largest absolute Gasteiger partial charge is 0.445 e. The zero-order valence-electron chi connectivity index (χ0n) is 16.8. The number of fused-ring (bicyclic) bond motifs is 1. The number of carbonyl (C=O) groups is 1. The van der Waals surface area contributed by atoms with Gasteiger partial charge in [-0.15, -0.1) is 15.0 Å². The minimum absolute atomic E-state index is 0.161. The molecule has 0 unspecified atom stereocenters. The summed E-state index contributed by atoms with van der Waals surface area (Å²) in [6, 6.07) is 11.8. The predicted molar refractivity (Wildman–Crippen MR) is 112 cm³/mol. The van der Waals surface area contributed by atoms with Gasteiger partial charge in [-0.25, -0.2) is 4.79 Å². The molecular formula is C22H26N4O2. The molecule has 28 heavy (non-hydrogen) atoms. The molecule has 3 rings (SSSR count). The summed E-state index contributed by atoms with van der Waals surface area (Å²) in [5, 5.41) is 12.1. The average molecular weight is 378 g/mol. The van der Waals surface area contributed by atoms with Gasteiger partial charge in [-0.3, -0.25) is 5.32 Å². The van der Waals surface area contributed by atoms with E-state index in [2.05, 4.69) is 62.9 Å². The van der Waals surface area contributed by atoms with Crippen molar-refractivity contribution >= 4 is 22.8 Å². The molecule has 2 aromatic carbocycles. The molecular weight excluding hydrogens is 352 g/mol. The third-order valence-electron chi connectivity index (χ3n) is 4.50. The summed E-state index contributed by atoms with van der Waals surface area (Å²) in [5.74, 6) is 0.694. The topological polar surface area (TPSA) is 69.0 Å². The van der Waals surface area contributed by atoms with Gasteiger partial charge in [-0.05, 0) is 41.2 Å². The number of nitrogens with one attached hydrogen (secondary N) is 1. The Balaban J connectivity index is 2.02. The second-order valence-electron chi connectivity index (χ2n) is 7.30. The van der Waals surface area contributed by atoms with Crippen LogP contribution in [0.3, 0.4) is 0 Å². The van der Waals surface area contributed by atoms with Crippen molar-refractivity contribution in [2.75, 3.05) is 11.9 Å². The van der Waals surface area contributed by atoms with Gasteiger partial charge >= 0.3 is 6.09 Å². The molecule has 0 aliphatic rings. The Morgan fingerprint density at radius 3 is 2.36 bits per heavy atom. The zero-order chi connectivity index (χ0) is 20.3. The molecule has 1 N–H and O–H groups in total. The molecule has 146 valence electrons. The minimum atomic E-state index is -0.529. The number of nitrogens with zero attached hydrogens (tertiary/aromatic N) is 3. The van der Waals surface area contributed by atoms with Gasteiger partial charge in [0.2, 0.25) is 0 Å². The maximum atomic E-state index is 11.8. The van der Waals surface area contributed by atoms with E-state index in [9.17, 15) is 4.79 Å². The molecule has 0 atom stereocenters. The van der Waals surface area contributed by atoms with E-state index in [1.165, 1.54) is 17.2 Å². The molecule has 1 heterocycles. The third-order valence-corrected chi connectivity index (χ3v) is 4.50. The Morgan fingerprint density at radius 1 is 1.11 bits per heavy atom.